The van der Waals surface area contributed by atoms with Crippen LogP contribution in [0.5, 0.6) is 5.75 Å². The second kappa shape index (κ2) is 9.14. The van der Waals surface area contributed by atoms with E-state index in [1.165, 1.54) is 0 Å². The maximum Gasteiger partial charge on any atom is 0.276 e. The van der Waals surface area contributed by atoms with E-state index in [0.29, 0.717) is 18.1 Å². The number of amides is 1. The number of fused-ring (bicyclic) bond motifs is 2. The Hall–Kier alpha value is -2.93. The molecule has 2 aliphatic rings. The number of pyridine rings is 2. The summed E-state index contributed by atoms with van der Waals surface area (Å²) in [4.78, 5) is 27.4. The molecule has 2 bridgehead atoms. The molecular weight excluding hydrogens is 480 g/mol. The smallest absolute Gasteiger partial charge is 0.276 e. The van der Waals surface area contributed by atoms with Crippen LogP contribution in [0.4, 0.5) is 11.5 Å². The van der Waals surface area contributed by atoms with Crippen LogP contribution >= 0.6 is 15.9 Å². The second-order valence-corrected chi connectivity index (χ2v) is 9.50. The predicted octanol–water partition coefficient (Wildman–Crippen LogP) is 5.53. The van der Waals surface area contributed by atoms with Gasteiger partial charge in [-0.1, -0.05) is 18.2 Å². The fourth-order valence-electron chi connectivity index (χ4n) is 5.24. The van der Waals surface area contributed by atoms with Gasteiger partial charge in [0.1, 0.15) is 5.82 Å². The van der Waals surface area contributed by atoms with Gasteiger partial charge >= 0.3 is 0 Å². The number of hydrogen-bond donors (Lipinski definition) is 0. The van der Waals surface area contributed by atoms with Crippen LogP contribution in [-0.2, 0) is 0 Å². The van der Waals surface area contributed by atoms with Crippen LogP contribution in [0.15, 0.2) is 65.3 Å². The molecule has 1 aromatic carbocycles. The lowest BCUT2D eigenvalue weighted by molar-refractivity contribution is 0.0715. The first kappa shape index (κ1) is 21.9. The SMILES string of the molecule is CCOc1ccc(C)nc1C(=O)N1C2CCC1C(N(c1ccccc1)c1ccc(Br)cn1)C2. The molecule has 7 heteroatoms. The molecule has 2 aliphatic heterocycles. The predicted molar refractivity (Wildman–Crippen MR) is 132 cm³/mol. The summed E-state index contributed by atoms with van der Waals surface area (Å²) in [5, 5.41) is 0. The molecule has 0 N–H and O–H groups in total. The third kappa shape index (κ3) is 4.10. The minimum absolute atomic E-state index is 0.0334. The molecular formula is C26H27BrN4O2. The lowest BCUT2D eigenvalue weighted by Crippen LogP contribution is -2.44. The summed E-state index contributed by atoms with van der Waals surface area (Å²) < 4.78 is 6.70. The van der Waals surface area contributed by atoms with Crippen molar-refractivity contribution in [2.45, 2.75) is 51.2 Å². The zero-order valence-electron chi connectivity index (χ0n) is 18.8. The van der Waals surface area contributed by atoms with E-state index in [2.05, 4.69) is 42.8 Å². The van der Waals surface area contributed by atoms with E-state index < -0.39 is 0 Å². The van der Waals surface area contributed by atoms with Crippen LogP contribution in [-0.4, -0.2) is 45.5 Å². The quantitative estimate of drug-likeness (QED) is 0.439. The fraction of sp³-hybridized carbons (Fsp3) is 0.346. The standard InChI is InChI=1S/C26H27BrN4O2/c1-3-33-23-13-9-17(2)29-25(23)26(32)31-20-11-12-21(31)22(15-20)30(19-7-5-4-6-8-19)24-14-10-18(27)16-28-24/h4-10,13-14,16,20-22H,3,11-12,15H2,1-2H3. The van der Waals surface area contributed by atoms with E-state index in [-0.39, 0.29) is 24.0 Å². The van der Waals surface area contributed by atoms with Gasteiger partial charge in [-0.05, 0) is 85.4 Å². The number of para-hydroxylation sites is 1. The third-order valence-electron chi connectivity index (χ3n) is 6.56. The Kier molecular flexibility index (Phi) is 6.06. The normalized spacial score (nSPS) is 21.3. The van der Waals surface area contributed by atoms with Crippen molar-refractivity contribution in [2.24, 2.45) is 0 Å². The highest BCUT2D eigenvalue weighted by atomic mass is 79.9. The van der Waals surface area contributed by atoms with E-state index in [9.17, 15) is 4.79 Å². The Balaban J connectivity index is 1.51. The third-order valence-corrected chi connectivity index (χ3v) is 7.03. The number of ether oxygens (including phenoxy) is 1. The monoisotopic (exact) mass is 506 g/mol. The number of benzene rings is 1. The largest absolute Gasteiger partial charge is 0.491 e. The summed E-state index contributed by atoms with van der Waals surface area (Å²) in [5.41, 5.74) is 2.32. The fourth-order valence-corrected chi connectivity index (χ4v) is 5.47. The Morgan fingerprint density at radius 1 is 1.15 bits per heavy atom. The molecule has 0 spiro atoms. The Morgan fingerprint density at radius 2 is 1.97 bits per heavy atom. The molecule has 3 unspecified atom stereocenters. The number of nitrogens with zero attached hydrogens (tertiary/aromatic N) is 4. The zero-order valence-corrected chi connectivity index (χ0v) is 20.4. The lowest BCUT2D eigenvalue weighted by Gasteiger charge is -2.35. The Bertz CT molecular complexity index is 1140. The highest BCUT2D eigenvalue weighted by Gasteiger charge is 2.51. The van der Waals surface area contributed by atoms with Gasteiger partial charge in [0.2, 0.25) is 0 Å². The summed E-state index contributed by atoms with van der Waals surface area (Å²) in [6.07, 6.45) is 4.71. The van der Waals surface area contributed by atoms with E-state index in [0.717, 1.165) is 40.9 Å². The lowest BCUT2D eigenvalue weighted by atomic mass is 9.93. The summed E-state index contributed by atoms with van der Waals surface area (Å²) in [7, 11) is 0. The average Bonchev–Trinajstić information content (AvgIpc) is 3.40. The minimum Gasteiger partial charge on any atom is -0.491 e. The summed E-state index contributed by atoms with van der Waals surface area (Å²) in [6, 6.07) is 18.5. The van der Waals surface area contributed by atoms with Crippen molar-refractivity contribution < 1.29 is 9.53 Å². The van der Waals surface area contributed by atoms with Gasteiger partial charge in [0, 0.05) is 28.1 Å². The molecule has 0 aliphatic carbocycles. The average molecular weight is 507 g/mol. The van der Waals surface area contributed by atoms with Crippen molar-refractivity contribution in [3.8, 4) is 5.75 Å². The van der Waals surface area contributed by atoms with Crippen molar-refractivity contribution in [2.75, 3.05) is 11.5 Å². The van der Waals surface area contributed by atoms with E-state index >= 15 is 0 Å². The number of carbonyl (C=O) groups excluding carboxylic acids is 1. The van der Waals surface area contributed by atoms with Crippen LogP contribution < -0.4 is 9.64 Å². The highest BCUT2D eigenvalue weighted by Crippen LogP contribution is 2.44. The molecule has 2 saturated heterocycles. The molecule has 170 valence electrons. The second-order valence-electron chi connectivity index (χ2n) is 8.59. The molecule has 6 nitrogen and oxygen atoms in total. The highest BCUT2D eigenvalue weighted by molar-refractivity contribution is 9.10. The van der Waals surface area contributed by atoms with Crippen molar-refractivity contribution >= 4 is 33.3 Å². The van der Waals surface area contributed by atoms with Crippen molar-refractivity contribution in [3.05, 3.63) is 76.7 Å². The van der Waals surface area contributed by atoms with Gasteiger partial charge in [-0.2, -0.15) is 0 Å². The number of aryl methyl sites for hydroxylation is 1. The first-order valence-corrected chi connectivity index (χ1v) is 12.2. The summed E-state index contributed by atoms with van der Waals surface area (Å²) in [5.74, 6) is 1.41. The van der Waals surface area contributed by atoms with Gasteiger partial charge in [-0.3, -0.25) is 4.79 Å². The van der Waals surface area contributed by atoms with Gasteiger partial charge in [-0.25, -0.2) is 9.97 Å². The minimum atomic E-state index is -0.0334. The van der Waals surface area contributed by atoms with Crippen molar-refractivity contribution in [3.63, 3.8) is 0 Å². The molecule has 5 rings (SSSR count). The first-order chi connectivity index (χ1) is 16.1. The topological polar surface area (TPSA) is 58.6 Å². The molecule has 3 atom stereocenters. The number of hydrogen-bond acceptors (Lipinski definition) is 5. The number of carbonyl (C=O) groups is 1. The van der Waals surface area contributed by atoms with Gasteiger partial charge < -0.3 is 14.5 Å². The van der Waals surface area contributed by atoms with Crippen LogP contribution in [0.25, 0.3) is 0 Å². The van der Waals surface area contributed by atoms with Crippen molar-refractivity contribution in [1.29, 1.82) is 0 Å². The summed E-state index contributed by atoms with van der Waals surface area (Å²) in [6.45, 7) is 4.33. The van der Waals surface area contributed by atoms with Crippen LogP contribution in [0.2, 0.25) is 0 Å². The molecule has 4 heterocycles. The summed E-state index contributed by atoms with van der Waals surface area (Å²) >= 11 is 3.49. The molecule has 2 aromatic heterocycles. The van der Waals surface area contributed by atoms with Crippen LogP contribution in [0.3, 0.4) is 0 Å². The number of aromatic nitrogens is 2. The molecule has 3 aromatic rings. The van der Waals surface area contributed by atoms with E-state index in [1.54, 1.807) is 0 Å². The van der Waals surface area contributed by atoms with Gasteiger partial charge in [0.05, 0.1) is 18.7 Å². The number of halogens is 1. The molecule has 33 heavy (non-hydrogen) atoms. The van der Waals surface area contributed by atoms with Crippen molar-refractivity contribution in [1.82, 2.24) is 14.9 Å². The van der Waals surface area contributed by atoms with E-state index in [4.69, 9.17) is 9.72 Å². The zero-order chi connectivity index (χ0) is 22.9. The number of rotatable bonds is 6. The maximum atomic E-state index is 13.8. The first-order valence-electron chi connectivity index (χ1n) is 11.5. The Labute approximate surface area is 202 Å². The molecule has 2 fully saturated rings. The Morgan fingerprint density at radius 3 is 2.70 bits per heavy atom. The maximum absolute atomic E-state index is 13.8. The van der Waals surface area contributed by atoms with Crippen LogP contribution in [0.1, 0.15) is 42.4 Å². The van der Waals surface area contributed by atoms with Gasteiger partial charge in [-0.15, -0.1) is 0 Å². The van der Waals surface area contributed by atoms with Gasteiger partial charge in [0.15, 0.2) is 11.4 Å². The molecule has 0 radical (unpaired) electrons. The number of anilines is 2. The molecule has 1 amide bonds. The van der Waals surface area contributed by atoms with Gasteiger partial charge in [0.25, 0.3) is 5.91 Å². The van der Waals surface area contributed by atoms with Crippen LogP contribution in [0, 0.1) is 6.92 Å². The van der Waals surface area contributed by atoms with E-state index in [1.807, 2.05) is 62.5 Å². The molecule has 0 saturated carbocycles.